The van der Waals surface area contributed by atoms with Gasteiger partial charge in [0.2, 0.25) is 5.91 Å². The molecule has 0 radical (unpaired) electrons. The van der Waals surface area contributed by atoms with E-state index in [-0.39, 0.29) is 5.91 Å². The second kappa shape index (κ2) is 9.75. The van der Waals surface area contributed by atoms with Crippen molar-refractivity contribution in [2.75, 3.05) is 32.1 Å². The lowest BCUT2D eigenvalue weighted by Crippen LogP contribution is -2.42. The van der Waals surface area contributed by atoms with E-state index in [1.54, 1.807) is 7.11 Å². The van der Waals surface area contributed by atoms with Crippen molar-refractivity contribution in [1.82, 2.24) is 14.9 Å². The van der Waals surface area contributed by atoms with Crippen LogP contribution in [0, 0.1) is 0 Å². The van der Waals surface area contributed by atoms with E-state index in [0.29, 0.717) is 24.1 Å². The second-order valence-electron chi connectivity index (χ2n) is 8.08. The van der Waals surface area contributed by atoms with E-state index in [4.69, 9.17) is 26.3 Å². The molecule has 0 saturated carbocycles. The van der Waals surface area contributed by atoms with Crippen LogP contribution >= 0.6 is 11.6 Å². The Labute approximate surface area is 183 Å². The third-order valence-corrected chi connectivity index (χ3v) is 6.21. The van der Waals surface area contributed by atoms with Crippen LogP contribution in [0.4, 0.5) is 5.82 Å². The molecule has 30 heavy (non-hydrogen) atoms. The highest BCUT2D eigenvalue weighted by Crippen LogP contribution is 2.30. The molecule has 1 aliphatic carbocycles. The van der Waals surface area contributed by atoms with Crippen LogP contribution in [0.1, 0.15) is 43.4 Å². The van der Waals surface area contributed by atoms with Gasteiger partial charge in [0.05, 0.1) is 13.0 Å². The number of aromatic nitrogens is 2. The van der Waals surface area contributed by atoms with Gasteiger partial charge in [-0.3, -0.25) is 4.79 Å². The molecular formula is C23H29ClN4O2. The van der Waals surface area contributed by atoms with Crippen LogP contribution in [0.5, 0.6) is 0 Å². The number of nitrogens with zero attached hydrogens (tertiary/aromatic N) is 3. The summed E-state index contributed by atoms with van der Waals surface area (Å²) >= 11 is 6.19. The number of likely N-dealkylation sites (tertiary alicyclic amines) is 1. The van der Waals surface area contributed by atoms with Crippen molar-refractivity contribution in [2.45, 2.75) is 51.0 Å². The first-order chi connectivity index (χ1) is 14.6. The number of hydrogen-bond acceptors (Lipinski definition) is 5. The Morgan fingerprint density at radius 2 is 2.03 bits per heavy atom. The number of piperidine rings is 1. The number of benzene rings is 1. The predicted molar refractivity (Wildman–Crippen MR) is 119 cm³/mol. The summed E-state index contributed by atoms with van der Waals surface area (Å²) in [6, 6.07) is 8.03. The van der Waals surface area contributed by atoms with E-state index in [1.165, 1.54) is 18.4 Å². The van der Waals surface area contributed by atoms with Crippen LogP contribution in [0.15, 0.2) is 24.3 Å². The number of rotatable bonds is 6. The van der Waals surface area contributed by atoms with E-state index in [9.17, 15) is 4.79 Å². The summed E-state index contributed by atoms with van der Waals surface area (Å²) in [7, 11) is 1.63. The van der Waals surface area contributed by atoms with Crippen LogP contribution in [0.3, 0.4) is 0 Å². The van der Waals surface area contributed by atoms with Gasteiger partial charge in [0.1, 0.15) is 5.82 Å². The van der Waals surface area contributed by atoms with Gasteiger partial charge in [-0.05, 0) is 50.7 Å². The molecular weight excluding hydrogens is 400 g/mol. The van der Waals surface area contributed by atoms with E-state index in [1.807, 2.05) is 29.2 Å². The number of fused-ring (bicyclic) bond motifs is 1. The van der Waals surface area contributed by atoms with Gasteiger partial charge in [0, 0.05) is 48.1 Å². The van der Waals surface area contributed by atoms with Crippen molar-refractivity contribution in [3.63, 3.8) is 0 Å². The average Bonchev–Trinajstić information content (AvgIpc) is 2.78. The van der Waals surface area contributed by atoms with Gasteiger partial charge in [-0.2, -0.15) is 0 Å². The van der Waals surface area contributed by atoms with Crippen LogP contribution in [0.2, 0.25) is 5.02 Å². The quantitative estimate of drug-likeness (QED) is 0.749. The Morgan fingerprint density at radius 1 is 1.23 bits per heavy atom. The Kier molecular flexibility index (Phi) is 6.85. The van der Waals surface area contributed by atoms with E-state index in [2.05, 4.69) is 5.32 Å². The zero-order valence-electron chi connectivity index (χ0n) is 17.5. The molecule has 4 rings (SSSR count). The minimum atomic E-state index is 0.179. The molecule has 2 aromatic rings. The molecule has 1 aliphatic heterocycles. The fourth-order valence-electron chi connectivity index (χ4n) is 4.28. The molecule has 1 amide bonds. The van der Waals surface area contributed by atoms with Gasteiger partial charge in [0.15, 0.2) is 5.82 Å². The summed E-state index contributed by atoms with van der Waals surface area (Å²) in [5, 5.41) is 4.38. The highest BCUT2D eigenvalue weighted by molar-refractivity contribution is 6.30. The molecule has 160 valence electrons. The average molecular weight is 429 g/mol. The minimum Gasteiger partial charge on any atom is -0.384 e. The van der Waals surface area contributed by atoms with Crippen molar-refractivity contribution in [1.29, 1.82) is 0 Å². The largest absolute Gasteiger partial charge is 0.384 e. The fraction of sp³-hybridized carbons (Fsp3) is 0.522. The lowest BCUT2D eigenvalue weighted by atomic mass is 9.95. The summed E-state index contributed by atoms with van der Waals surface area (Å²) in [5.74, 6) is 1.87. The van der Waals surface area contributed by atoms with Crippen LogP contribution < -0.4 is 5.32 Å². The second-order valence-corrected chi connectivity index (χ2v) is 8.52. The minimum absolute atomic E-state index is 0.179. The number of amides is 1. The number of hydrogen-bond donors (Lipinski definition) is 1. The molecule has 1 N–H and O–H groups in total. The summed E-state index contributed by atoms with van der Waals surface area (Å²) in [5.41, 5.74) is 3.35. The Balaban J connectivity index is 1.50. The van der Waals surface area contributed by atoms with Gasteiger partial charge in [-0.1, -0.05) is 23.7 Å². The topological polar surface area (TPSA) is 67.3 Å². The van der Waals surface area contributed by atoms with Crippen molar-refractivity contribution >= 4 is 23.3 Å². The lowest BCUT2D eigenvalue weighted by Gasteiger charge is -2.33. The maximum atomic E-state index is 12.2. The third-order valence-electron chi connectivity index (χ3n) is 5.97. The normalized spacial score (nSPS) is 16.9. The Morgan fingerprint density at radius 3 is 2.80 bits per heavy atom. The maximum Gasteiger partial charge on any atom is 0.224 e. The molecule has 1 saturated heterocycles. The van der Waals surface area contributed by atoms with E-state index in [0.717, 1.165) is 61.7 Å². The first-order valence-corrected chi connectivity index (χ1v) is 11.2. The van der Waals surface area contributed by atoms with Crippen molar-refractivity contribution in [3.05, 3.63) is 40.5 Å². The van der Waals surface area contributed by atoms with Crippen LogP contribution in [0.25, 0.3) is 11.4 Å². The van der Waals surface area contributed by atoms with Gasteiger partial charge < -0.3 is 15.0 Å². The first kappa shape index (κ1) is 21.1. The summed E-state index contributed by atoms with van der Waals surface area (Å²) in [6.45, 7) is 2.03. The highest BCUT2D eigenvalue weighted by atomic mass is 35.5. The summed E-state index contributed by atoms with van der Waals surface area (Å²) in [4.78, 5) is 24.0. The predicted octanol–water partition coefficient (Wildman–Crippen LogP) is 4.12. The number of aryl methyl sites for hydroxylation is 1. The molecule has 0 unspecified atom stereocenters. The molecule has 1 fully saturated rings. The highest BCUT2D eigenvalue weighted by Gasteiger charge is 2.25. The lowest BCUT2D eigenvalue weighted by molar-refractivity contribution is -0.133. The number of halogens is 1. The molecule has 0 bridgehead atoms. The fourth-order valence-corrected chi connectivity index (χ4v) is 4.47. The number of methoxy groups -OCH3 is 1. The Hall–Kier alpha value is -2.18. The van der Waals surface area contributed by atoms with E-state index < -0.39 is 0 Å². The monoisotopic (exact) mass is 428 g/mol. The van der Waals surface area contributed by atoms with Crippen molar-refractivity contribution < 1.29 is 9.53 Å². The molecule has 6 nitrogen and oxygen atoms in total. The molecule has 1 aromatic carbocycles. The van der Waals surface area contributed by atoms with Gasteiger partial charge >= 0.3 is 0 Å². The number of ether oxygens (including phenoxy) is 1. The summed E-state index contributed by atoms with van der Waals surface area (Å²) < 4.78 is 5.03. The number of carbonyl (C=O) groups is 1. The van der Waals surface area contributed by atoms with E-state index >= 15 is 0 Å². The third kappa shape index (κ3) is 4.93. The summed E-state index contributed by atoms with van der Waals surface area (Å²) in [6.07, 6.45) is 6.65. The number of carbonyl (C=O) groups excluding carboxylic acids is 1. The smallest absolute Gasteiger partial charge is 0.224 e. The molecule has 7 heteroatoms. The van der Waals surface area contributed by atoms with Gasteiger partial charge in [0.25, 0.3) is 0 Å². The molecule has 0 spiro atoms. The van der Waals surface area contributed by atoms with Crippen LogP contribution in [-0.2, 0) is 22.4 Å². The van der Waals surface area contributed by atoms with Crippen LogP contribution in [-0.4, -0.2) is 53.6 Å². The molecule has 2 aliphatic rings. The van der Waals surface area contributed by atoms with Crippen molar-refractivity contribution in [2.24, 2.45) is 0 Å². The SMILES string of the molecule is COCCC(=O)N1CCC(Nc2nc(-c3cccc(Cl)c3)nc3c2CCCC3)CC1. The first-order valence-electron chi connectivity index (χ1n) is 10.8. The number of anilines is 1. The zero-order chi connectivity index (χ0) is 20.9. The molecule has 0 atom stereocenters. The Bertz CT molecular complexity index is 897. The van der Waals surface area contributed by atoms with Crippen molar-refractivity contribution in [3.8, 4) is 11.4 Å². The number of nitrogens with one attached hydrogen (secondary N) is 1. The molecule has 1 aromatic heterocycles. The maximum absolute atomic E-state index is 12.2. The molecule has 2 heterocycles. The standard InChI is InChI=1S/C23H29ClN4O2/c1-30-14-11-21(29)28-12-9-18(10-13-28)25-23-19-7-2-3-8-20(19)26-22(27-23)16-5-4-6-17(24)15-16/h4-6,15,18H,2-3,7-14H2,1H3,(H,25,26,27). The van der Waals surface area contributed by atoms with Gasteiger partial charge in [-0.25, -0.2) is 9.97 Å². The zero-order valence-corrected chi connectivity index (χ0v) is 18.2. The van der Waals surface area contributed by atoms with Gasteiger partial charge in [-0.15, -0.1) is 0 Å².